The Balaban J connectivity index is 1.52. The standard InChI is InChI=1S/C22H19N3O/c1-14(2)25-11-10-17-13-19(8-9-20(17)25)22-23-21(24-26-22)18-7-6-15-4-3-5-16(15)12-18/h3,5-14H,4H2,1-2H3. The summed E-state index contributed by atoms with van der Waals surface area (Å²) >= 11 is 0. The first-order valence-electron chi connectivity index (χ1n) is 8.93. The van der Waals surface area contributed by atoms with Crippen molar-refractivity contribution in [2.24, 2.45) is 0 Å². The SMILES string of the molecule is CC(C)n1ccc2cc(-c3nc(-c4ccc5c(c4)C=CC5)no3)ccc21. The summed E-state index contributed by atoms with van der Waals surface area (Å²) in [4.78, 5) is 4.62. The van der Waals surface area contributed by atoms with Gasteiger partial charge in [-0.2, -0.15) is 4.98 Å². The van der Waals surface area contributed by atoms with Gasteiger partial charge in [0.25, 0.3) is 5.89 Å². The largest absolute Gasteiger partial charge is 0.345 e. The van der Waals surface area contributed by atoms with Gasteiger partial charge in [-0.15, -0.1) is 0 Å². The van der Waals surface area contributed by atoms with Crippen molar-refractivity contribution in [2.75, 3.05) is 0 Å². The highest BCUT2D eigenvalue weighted by atomic mass is 16.5. The molecule has 0 aliphatic heterocycles. The van der Waals surface area contributed by atoms with Gasteiger partial charge in [0.1, 0.15) is 0 Å². The molecule has 26 heavy (non-hydrogen) atoms. The predicted molar refractivity (Wildman–Crippen MR) is 104 cm³/mol. The Hall–Kier alpha value is -3.14. The van der Waals surface area contributed by atoms with E-state index in [4.69, 9.17) is 4.52 Å². The van der Waals surface area contributed by atoms with E-state index in [0.29, 0.717) is 17.8 Å². The summed E-state index contributed by atoms with van der Waals surface area (Å²) in [5.41, 5.74) is 5.73. The maximum Gasteiger partial charge on any atom is 0.258 e. The molecule has 2 aromatic heterocycles. The van der Waals surface area contributed by atoms with Crippen LogP contribution in [0.15, 0.2) is 59.3 Å². The third-order valence-electron chi connectivity index (χ3n) is 4.99. The quantitative estimate of drug-likeness (QED) is 0.493. The zero-order valence-corrected chi connectivity index (χ0v) is 14.8. The van der Waals surface area contributed by atoms with Crippen LogP contribution in [0.4, 0.5) is 0 Å². The fraction of sp³-hybridized carbons (Fsp3) is 0.182. The second-order valence-electron chi connectivity index (χ2n) is 7.03. The van der Waals surface area contributed by atoms with Gasteiger partial charge in [-0.1, -0.05) is 29.4 Å². The van der Waals surface area contributed by atoms with Crippen molar-refractivity contribution in [1.82, 2.24) is 14.7 Å². The van der Waals surface area contributed by atoms with Crippen LogP contribution in [0.3, 0.4) is 0 Å². The zero-order chi connectivity index (χ0) is 17.7. The lowest BCUT2D eigenvalue weighted by atomic mass is 10.1. The number of aromatic nitrogens is 3. The molecule has 0 unspecified atom stereocenters. The minimum absolute atomic E-state index is 0.433. The van der Waals surface area contributed by atoms with E-state index < -0.39 is 0 Å². The molecule has 0 atom stereocenters. The molecule has 128 valence electrons. The van der Waals surface area contributed by atoms with Crippen LogP contribution >= 0.6 is 0 Å². The topological polar surface area (TPSA) is 43.9 Å². The number of hydrogen-bond donors (Lipinski definition) is 0. The Kier molecular flexibility index (Phi) is 3.32. The van der Waals surface area contributed by atoms with Gasteiger partial charge in [-0.25, -0.2) is 0 Å². The molecule has 4 nitrogen and oxygen atoms in total. The highest BCUT2D eigenvalue weighted by Crippen LogP contribution is 2.29. The minimum atomic E-state index is 0.433. The van der Waals surface area contributed by atoms with Crippen LogP contribution in [-0.4, -0.2) is 14.7 Å². The van der Waals surface area contributed by atoms with Gasteiger partial charge < -0.3 is 9.09 Å². The van der Waals surface area contributed by atoms with Crippen molar-refractivity contribution in [1.29, 1.82) is 0 Å². The van der Waals surface area contributed by atoms with Gasteiger partial charge in [0.15, 0.2) is 0 Å². The second kappa shape index (κ2) is 5.70. The molecule has 0 spiro atoms. The lowest BCUT2D eigenvalue weighted by Crippen LogP contribution is -1.97. The molecule has 0 fully saturated rings. The number of fused-ring (bicyclic) bond motifs is 2. The first kappa shape index (κ1) is 15.1. The first-order chi connectivity index (χ1) is 12.7. The lowest BCUT2D eigenvalue weighted by molar-refractivity contribution is 0.432. The van der Waals surface area contributed by atoms with Crippen LogP contribution < -0.4 is 0 Å². The molecule has 1 aliphatic carbocycles. The summed E-state index contributed by atoms with van der Waals surface area (Å²) in [6, 6.07) is 15.2. The molecule has 2 aromatic carbocycles. The van der Waals surface area contributed by atoms with Crippen LogP contribution in [-0.2, 0) is 6.42 Å². The molecule has 0 bridgehead atoms. The molecule has 0 amide bonds. The lowest BCUT2D eigenvalue weighted by Gasteiger charge is -2.09. The smallest absolute Gasteiger partial charge is 0.258 e. The molecule has 0 N–H and O–H groups in total. The summed E-state index contributed by atoms with van der Waals surface area (Å²) in [5, 5.41) is 5.37. The van der Waals surface area contributed by atoms with Crippen LogP contribution in [0.25, 0.3) is 39.8 Å². The normalized spacial score (nSPS) is 13.0. The molecule has 4 aromatic rings. The fourth-order valence-electron chi connectivity index (χ4n) is 3.59. The monoisotopic (exact) mass is 341 g/mol. The van der Waals surface area contributed by atoms with Crippen molar-refractivity contribution in [3.05, 3.63) is 65.9 Å². The second-order valence-corrected chi connectivity index (χ2v) is 7.03. The molecule has 5 rings (SSSR count). The average molecular weight is 341 g/mol. The van der Waals surface area contributed by atoms with Crippen LogP contribution in [0, 0.1) is 0 Å². The molecule has 0 saturated carbocycles. The van der Waals surface area contributed by atoms with Crippen molar-refractivity contribution < 1.29 is 4.52 Å². The van der Waals surface area contributed by atoms with E-state index >= 15 is 0 Å². The molecule has 2 heterocycles. The van der Waals surface area contributed by atoms with Gasteiger partial charge in [-0.3, -0.25) is 0 Å². The van der Waals surface area contributed by atoms with E-state index in [9.17, 15) is 0 Å². The van der Waals surface area contributed by atoms with Crippen LogP contribution in [0.2, 0.25) is 0 Å². The van der Waals surface area contributed by atoms with Crippen LogP contribution in [0.5, 0.6) is 0 Å². The Labute approximate surface area is 151 Å². The van der Waals surface area contributed by atoms with E-state index in [1.54, 1.807) is 0 Å². The average Bonchev–Trinajstić information content (AvgIpc) is 3.38. The van der Waals surface area contributed by atoms with Gasteiger partial charge >= 0.3 is 0 Å². The van der Waals surface area contributed by atoms with Crippen molar-refractivity contribution in [3.63, 3.8) is 0 Å². The number of nitrogens with zero attached hydrogens (tertiary/aromatic N) is 3. The predicted octanol–water partition coefficient (Wildman–Crippen LogP) is 5.51. The minimum Gasteiger partial charge on any atom is -0.345 e. The van der Waals surface area contributed by atoms with E-state index in [0.717, 1.165) is 17.5 Å². The van der Waals surface area contributed by atoms with Gasteiger partial charge in [0.2, 0.25) is 5.82 Å². The highest BCUT2D eigenvalue weighted by Gasteiger charge is 2.14. The first-order valence-corrected chi connectivity index (χ1v) is 8.93. The number of benzene rings is 2. The maximum atomic E-state index is 5.54. The Morgan fingerprint density at radius 1 is 1.04 bits per heavy atom. The molecule has 0 radical (unpaired) electrons. The molecular weight excluding hydrogens is 322 g/mol. The number of rotatable bonds is 3. The highest BCUT2D eigenvalue weighted by molar-refractivity contribution is 5.84. The van der Waals surface area contributed by atoms with Crippen molar-refractivity contribution >= 4 is 17.0 Å². The maximum absolute atomic E-state index is 5.54. The number of hydrogen-bond acceptors (Lipinski definition) is 3. The third kappa shape index (κ3) is 2.37. The van der Waals surface area contributed by atoms with Gasteiger partial charge in [0.05, 0.1) is 0 Å². The van der Waals surface area contributed by atoms with E-state index in [-0.39, 0.29) is 0 Å². The molecule has 0 saturated heterocycles. The molecule has 4 heteroatoms. The van der Waals surface area contributed by atoms with E-state index in [1.807, 2.05) is 6.07 Å². The molecule has 1 aliphatic rings. The Morgan fingerprint density at radius 3 is 2.81 bits per heavy atom. The van der Waals surface area contributed by atoms with Crippen molar-refractivity contribution in [2.45, 2.75) is 26.3 Å². The van der Waals surface area contributed by atoms with E-state index in [2.05, 4.69) is 83.3 Å². The molecular formula is C22H19N3O. The summed E-state index contributed by atoms with van der Waals surface area (Å²) in [6.45, 7) is 4.37. The number of allylic oxidation sites excluding steroid dienone is 1. The summed E-state index contributed by atoms with van der Waals surface area (Å²) in [5.74, 6) is 1.18. The Bertz CT molecular complexity index is 1150. The summed E-state index contributed by atoms with van der Waals surface area (Å²) in [6.07, 6.45) is 7.45. The van der Waals surface area contributed by atoms with Gasteiger partial charge in [-0.05, 0) is 61.7 Å². The summed E-state index contributed by atoms with van der Waals surface area (Å²) in [7, 11) is 0. The summed E-state index contributed by atoms with van der Waals surface area (Å²) < 4.78 is 7.80. The van der Waals surface area contributed by atoms with Crippen molar-refractivity contribution in [3.8, 4) is 22.8 Å². The van der Waals surface area contributed by atoms with Gasteiger partial charge in [0, 0.05) is 34.3 Å². The fourth-order valence-corrected chi connectivity index (χ4v) is 3.59. The Morgan fingerprint density at radius 2 is 1.92 bits per heavy atom. The zero-order valence-electron chi connectivity index (χ0n) is 14.8. The third-order valence-corrected chi connectivity index (χ3v) is 4.99. The van der Waals surface area contributed by atoms with E-state index in [1.165, 1.54) is 22.0 Å². The van der Waals surface area contributed by atoms with Crippen LogP contribution in [0.1, 0.15) is 31.0 Å².